The van der Waals surface area contributed by atoms with Crippen molar-refractivity contribution in [1.82, 2.24) is 5.32 Å². The van der Waals surface area contributed by atoms with Gasteiger partial charge >= 0.3 is 0 Å². The van der Waals surface area contributed by atoms with Crippen molar-refractivity contribution in [3.63, 3.8) is 0 Å². The Kier molecular flexibility index (Phi) is 5.44. The number of ether oxygens (including phenoxy) is 2. The van der Waals surface area contributed by atoms with Gasteiger partial charge in [-0.25, -0.2) is 0 Å². The van der Waals surface area contributed by atoms with Crippen LogP contribution in [0, 0.1) is 0 Å². The predicted octanol–water partition coefficient (Wildman–Crippen LogP) is 3.66. The summed E-state index contributed by atoms with van der Waals surface area (Å²) in [4.78, 5) is 1.41. The molecule has 0 saturated carbocycles. The lowest BCUT2D eigenvalue weighted by Crippen LogP contribution is -2.18. The molecule has 2 rings (SSSR count). The van der Waals surface area contributed by atoms with E-state index in [1.165, 1.54) is 4.88 Å². The molecule has 1 aromatic carbocycles. The molecule has 1 heterocycles. The van der Waals surface area contributed by atoms with E-state index in [0.717, 1.165) is 29.9 Å². The quantitative estimate of drug-likeness (QED) is 0.844. The molecule has 0 bridgehead atoms. The van der Waals surface area contributed by atoms with Crippen LogP contribution in [0.4, 0.5) is 0 Å². The fourth-order valence-corrected chi connectivity index (χ4v) is 3.11. The van der Waals surface area contributed by atoms with Crippen molar-refractivity contribution >= 4 is 11.3 Å². The Bertz CT molecular complexity index is 525. The highest BCUT2D eigenvalue weighted by molar-refractivity contribution is 7.09. The first-order chi connectivity index (χ1) is 9.80. The van der Waals surface area contributed by atoms with Crippen molar-refractivity contribution in [1.29, 1.82) is 0 Å². The number of rotatable bonds is 7. The zero-order valence-corrected chi connectivity index (χ0v) is 13.0. The number of hydrogen-bond donors (Lipinski definition) is 1. The normalized spacial score (nSPS) is 12.2. The monoisotopic (exact) mass is 291 g/mol. The highest BCUT2D eigenvalue weighted by Gasteiger charge is 2.17. The van der Waals surface area contributed by atoms with Crippen LogP contribution >= 0.6 is 11.3 Å². The van der Waals surface area contributed by atoms with Crippen molar-refractivity contribution in [2.75, 3.05) is 21.3 Å². The second-order valence-corrected chi connectivity index (χ2v) is 5.57. The molecule has 108 valence electrons. The second kappa shape index (κ2) is 7.31. The third-order valence-electron chi connectivity index (χ3n) is 3.42. The molecule has 1 unspecified atom stereocenters. The summed E-state index contributed by atoms with van der Waals surface area (Å²) >= 11 is 1.80. The van der Waals surface area contributed by atoms with E-state index in [9.17, 15) is 0 Å². The molecule has 20 heavy (non-hydrogen) atoms. The molecule has 0 aliphatic rings. The lowest BCUT2D eigenvalue weighted by molar-refractivity contribution is 0.346. The zero-order chi connectivity index (χ0) is 14.4. The van der Waals surface area contributed by atoms with Gasteiger partial charge in [0.15, 0.2) is 11.5 Å². The molecule has 0 radical (unpaired) electrons. The number of thiophene rings is 1. The minimum Gasteiger partial charge on any atom is -0.493 e. The summed E-state index contributed by atoms with van der Waals surface area (Å²) in [6.07, 6.45) is 2.09. The third kappa shape index (κ3) is 3.32. The van der Waals surface area contributed by atoms with Crippen LogP contribution in [0.5, 0.6) is 11.5 Å². The molecule has 0 amide bonds. The molecule has 2 aromatic rings. The maximum absolute atomic E-state index is 5.52. The van der Waals surface area contributed by atoms with Crippen LogP contribution in [0.3, 0.4) is 0 Å². The SMILES string of the molecule is CNC(CCc1cccs1)c1cccc(OC)c1OC. The Balaban J connectivity index is 2.18. The van der Waals surface area contributed by atoms with Gasteiger partial charge in [-0.3, -0.25) is 0 Å². The average Bonchev–Trinajstić information content (AvgIpc) is 3.00. The van der Waals surface area contributed by atoms with Gasteiger partial charge in [0.25, 0.3) is 0 Å². The van der Waals surface area contributed by atoms with Gasteiger partial charge in [-0.2, -0.15) is 0 Å². The summed E-state index contributed by atoms with van der Waals surface area (Å²) in [7, 11) is 5.34. The van der Waals surface area contributed by atoms with Crippen LogP contribution in [-0.2, 0) is 6.42 Å². The van der Waals surface area contributed by atoms with E-state index < -0.39 is 0 Å². The number of benzene rings is 1. The van der Waals surface area contributed by atoms with Gasteiger partial charge in [0, 0.05) is 16.5 Å². The summed E-state index contributed by atoms with van der Waals surface area (Å²) in [6.45, 7) is 0. The van der Waals surface area contributed by atoms with Crippen molar-refractivity contribution < 1.29 is 9.47 Å². The van der Waals surface area contributed by atoms with Crippen LogP contribution in [0.2, 0.25) is 0 Å². The van der Waals surface area contributed by atoms with Gasteiger partial charge in [0.2, 0.25) is 0 Å². The van der Waals surface area contributed by atoms with Crippen LogP contribution in [0.15, 0.2) is 35.7 Å². The molecule has 0 saturated heterocycles. The molecule has 0 aliphatic carbocycles. The molecule has 3 nitrogen and oxygen atoms in total. The largest absolute Gasteiger partial charge is 0.493 e. The van der Waals surface area contributed by atoms with Gasteiger partial charge in [-0.15, -0.1) is 11.3 Å². The standard InChI is InChI=1S/C16H21NO2S/c1-17-14(10-9-12-6-5-11-20-12)13-7-4-8-15(18-2)16(13)19-3/h4-8,11,14,17H,9-10H2,1-3H3. The lowest BCUT2D eigenvalue weighted by Gasteiger charge is -2.20. The van der Waals surface area contributed by atoms with Crippen molar-refractivity contribution in [3.8, 4) is 11.5 Å². The number of nitrogens with one attached hydrogen (secondary N) is 1. The zero-order valence-electron chi connectivity index (χ0n) is 12.2. The number of para-hydroxylation sites is 1. The fourth-order valence-electron chi connectivity index (χ4n) is 2.38. The molecule has 4 heteroatoms. The predicted molar refractivity (Wildman–Crippen MR) is 84.0 cm³/mol. The molecule has 0 aliphatic heterocycles. The Labute approximate surface area is 124 Å². The first kappa shape index (κ1) is 14.9. The summed E-state index contributed by atoms with van der Waals surface area (Å²) in [5.41, 5.74) is 1.14. The van der Waals surface area contributed by atoms with E-state index >= 15 is 0 Å². The van der Waals surface area contributed by atoms with Gasteiger partial charge in [-0.05, 0) is 37.4 Å². The number of hydrogen-bond acceptors (Lipinski definition) is 4. The summed E-state index contributed by atoms with van der Waals surface area (Å²) < 4.78 is 10.9. The van der Waals surface area contributed by atoms with Crippen molar-refractivity contribution in [3.05, 3.63) is 46.2 Å². The van der Waals surface area contributed by atoms with Crippen molar-refractivity contribution in [2.24, 2.45) is 0 Å². The first-order valence-corrected chi connectivity index (χ1v) is 7.58. The van der Waals surface area contributed by atoms with Crippen molar-refractivity contribution in [2.45, 2.75) is 18.9 Å². The molecular formula is C16H21NO2S. The molecule has 0 fully saturated rings. The Morgan fingerprint density at radius 3 is 2.60 bits per heavy atom. The maximum Gasteiger partial charge on any atom is 0.165 e. The summed E-state index contributed by atoms with van der Waals surface area (Å²) in [5, 5.41) is 5.50. The number of aryl methyl sites for hydroxylation is 1. The topological polar surface area (TPSA) is 30.5 Å². The maximum atomic E-state index is 5.52. The van der Waals surface area contributed by atoms with Crippen LogP contribution < -0.4 is 14.8 Å². The van der Waals surface area contributed by atoms with Crippen LogP contribution in [0.25, 0.3) is 0 Å². The highest BCUT2D eigenvalue weighted by Crippen LogP contribution is 2.36. The first-order valence-electron chi connectivity index (χ1n) is 6.70. The van der Waals surface area contributed by atoms with Crippen LogP contribution in [0.1, 0.15) is 22.9 Å². The van der Waals surface area contributed by atoms with Gasteiger partial charge in [-0.1, -0.05) is 18.2 Å². The second-order valence-electron chi connectivity index (χ2n) is 4.54. The third-order valence-corrected chi connectivity index (χ3v) is 4.35. The minimum atomic E-state index is 0.252. The summed E-state index contributed by atoms with van der Waals surface area (Å²) in [6, 6.07) is 10.6. The van der Waals surface area contributed by atoms with Crippen LogP contribution in [-0.4, -0.2) is 21.3 Å². The molecule has 1 N–H and O–H groups in total. The highest BCUT2D eigenvalue weighted by atomic mass is 32.1. The smallest absolute Gasteiger partial charge is 0.165 e. The van der Waals surface area contributed by atoms with E-state index in [1.54, 1.807) is 25.6 Å². The van der Waals surface area contributed by atoms with E-state index in [-0.39, 0.29) is 6.04 Å². The van der Waals surface area contributed by atoms with E-state index in [1.807, 2.05) is 19.2 Å². The Morgan fingerprint density at radius 2 is 2.00 bits per heavy atom. The molecule has 1 atom stereocenters. The van der Waals surface area contributed by atoms with Gasteiger partial charge in [0.1, 0.15) is 0 Å². The fraction of sp³-hybridized carbons (Fsp3) is 0.375. The lowest BCUT2D eigenvalue weighted by atomic mass is 10.00. The van der Waals surface area contributed by atoms with E-state index in [4.69, 9.17) is 9.47 Å². The van der Waals surface area contributed by atoms with E-state index in [0.29, 0.717) is 0 Å². The summed E-state index contributed by atoms with van der Waals surface area (Å²) in [5.74, 6) is 1.60. The molecule has 1 aromatic heterocycles. The van der Waals surface area contributed by atoms with Gasteiger partial charge in [0.05, 0.1) is 14.2 Å². The van der Waals surface area contributed by atoms with E-state index in [2.05, 4.69) is 28.9 Å². The van der Waals surface area contributed by atoms with Gasteiger partial charge < -0.3 is 14.8 Å². The Hall–Kier alpha value is -1.52. The Morgan fingerprint density at radius 1 is 1.15 bits per heavy atom. The average molecular weight is 291 g/mol. The minimum absolute atomic E-state index is 0.252. The number of methoxy groups -OCH3 is 2. The molecular weight excluding hydrogens is 270 g/mol. The molecule has 0 spiro atoms.